The quantitative estimate of drug-likeness (QED) is 0.354. The van der Waals surface area contributed by atoms with Gasteiger partial charge in [-0.05, 0) is 59.0 Å². The zero-order chi connectivity index (χ0) is 25.5. The van der Waals surface area contributed by atoms with Crippen LogP contribution in [0.15, 0.2) is 59.1 Å². The maximum Gasteiger partial charge on any atom is 0.416 e. The highest BCUT2D eigenvalue weighted by Crippen LogP contribution is 2.52. The third-order valence-corrected chi connectivity index (χ3v) is 7.14. The van der Waals surface area contributed by atoms with Gasteiger partial charge in [-0.3, -0.25) is 0 Å². The Balaban J connectivity index is 1.90. The number of ether oxygens (including phenoxy) is 2. The zero-order valence-electron chi connectivity index (χ0n) is 19.1. The number of fused-ring (bicyclic) bond motifs is 1. The predicted molar refractivity (Wildman–Crippen MR) is 129 cm³/mol. The number of carboxylic acids is 1. The summed E-state index contributed by atoms with van der Waals surface area (Å²) in [5, 5.41) is 13.2. The monoisotopic (exact) mass is 549 g/mol. The molecule has 3 aromatic rings. The van der Waals surface area contributed by atoms with Crippen LogP contribution in [-0.2, 0) is 6.18 Å². The van der Waals surface area contributed by atoms with E-state index in [-0.39, 0.29) is 17.4 Å². The SMILES string of the molecule is COc1ccc([C@@H]2c3c(Br)ccc(C(=O)O)c3N[C@@H](c3ccc(C(F)(F)F)cc3)[C@@H]2C)cc1OC. The second-order valence-corrected chi connectivity index (χ2v) is 9.24. The van der Waals surface area contributed by atoms with Gasteiger partial charge in [0, 0.05) is 10.4 Å². The molecule has 35 heavy (non-hydrogen) atoms. The number of benzene rings is 3. The Morgan fingerprint density at radius 2 is 1.60 bits per heavy atom. The standard InChI is InChI=1S/C26H23BrF3NO4/c1-13-21(15-6-11-19(34-2)20(12-15)35-3)22-18(27)10-9-17(25(32)33)24(22)31-23(13)14-4-7-16(8-5-14)26(28,29)30/h4-13,21,23,31H,1-3H3,(H,32,33)/t13-,21-,23-/m1/s1. The van der Waals surface area contributed by atoms with Gasteiger partial charge in [0.15, 0.2) is 11.5 Å². The third kappa shape index (κ3) is 4.57. The van der Waals surface area contributed by atoms with Gasteiger partial charge < -0.3 is 19.9 Å². The molecule has 2 N–H and O–H groups in total. The average molecular weight is 550 g/mol. The number of carbonyl (C=O) groups is 1. The van der Waals surface area contributed by atoms with Gasteiger partial charge in [0.25, 0.3) is 0 Å². The first-order valence-corrected chi connectivity index (χ1v) is 11.6. The van der Waals surface area contributed by atoms with Gasteiger partial charge in [0.1, 0.15) is 0 Å². The van der Waals surface area contributed by atoms with Crippen LogP contribution in [0.2, 0.25) is 0 Å². The van der Waals surface area contributed by atoms with Crippen molar-refractivity contribution in [1.82, 2.24) is 0 Å². The third-order valence-electron chi connectivity index (χ3n) is 6.45. The van der Waals surface area contributed by atoms with Crippen LogP contribution in [0.25, 0.3) is 0 Å². The van der Waals surface area contributed by atoms with Gasteiger partial charge in [-0.2, -0.15) is 13.2 Å². The molecule has 0 spiro atoms. The Morgan fingerprint density at radius 1 is 0.971 bits per heavy atom. The van der Waals surface area contributed by atoms with Gasteiger partial charge in [-0.1, -0.05) is 41.1 Å². The summed E-state index contributed by atoms with van der Waals surface area (Å²) < 4.78 is 51.0. The lowest BCUT2D eigenvalue weighted by molar-refractivity contribution is -0.137. The minimum absolute atomic E-state index is 0.0810. The van der Waals surface area contributed by atoms with Crippen molar-refractivity contribution < 1.29 is 32.5 Å². The largest absolute Gasteiger partial charge is 0.493 e. The Bertz CT molecular complexity index is 1260. The number of methoxy groups -OCH3 is 2. The highest BCUT2D eigenvalue weighted by molar-refractivity contribution is 9.10. The lowest BCUT2D eigenvalue weighted by atomic mass is 9.72. The number of anilines is 1. The number of alkyl halides is 3. The first-order valence-electron chi connectivity index (χ1n) is 10.8. The molecule has 0 fully saturated rings. The molecule has 0 unspecified atom stereocenters. The van der Waals surface area contributed by atoms with Crippen molar-refractivity contribution in [2.24, 2.45) is 5.92 Å². The topological polar surface area (TPSA) is 67.8 Å². The van der Waals surface area contributed by atoms with Crippen molar-refractivity contribution in [3.8, 4) is 11.5 Å². The number of halogens is 4. The second kappa shape index (κ2) is 9.45. The summed E-state index contributed by atoms with van der Waals surface area (Å²) in [7, 11) is 3.07. The molecule has 9 heteroatoms. The van der Waals surface area contributed by atoms with Gasteiger partial charge >= 0.3 is 12.1 Å². The summed E-state index contributed by atoms with van der Waals surface area (Å²) in [4.78, 5) is 12.1. The Hall–Kier alpha value is -3.20. The molecule has 184 valence electrons. The normalized spacial score (nSPS) is 19.5. The molecule has 4 rings (SSSR count). The van der Waals surface area contributed by atoms with Gasteiger partial charge in [0.05, 0.1) is 37.1 Å². The van der Waals surface area contributed by atoms with Crippen LogP contribution in [0.3, 0.4) is 0 Å². The number of rotatable bonds is 5. The molecule has 3 atom stereocenters. The molecular formula is C26H23BrF3NO4. The molecule has 5 nitrogen and oxygen atoms in total. The second-order valence-electron chi connectivity index (χ2n) is 8.38. The highest BCUT2D eigenvalue weighted by Gasteiger charge is 2.39. The molecule has 0 amide bonds. The van der Waals surface area contributed by atoms with Crippen LogP contribution in [0, 0.1) is 5.92 Å². The van der Waals surface area contributed by atoms with Crippen LogP contribution >= 0.6 is 15.9 Å². The van der Waals surface area contributed by atoms with Gasteiger partial charge in [-0.15, -0.1) is 0 Å². The lowest BCUT2D eigenvalue weighted by Crippen LogP contribution is -2.32. The van der Waals surface area contributed by atoms with E-state index >= 15 is 0 Å². The molecule has 0 radical (unpaired) electrons. The van der Waals surface area contributed by atoms with Crippen LogP contribution < -0.4 is 14.8 Å². The predicted octanol–water partition coefficient (Wildman–Crippen LogP) is 7.12. The van der Waals surface area contributed by atoms with Crippen molar-refractivity contribution in [2.45, 2.75) is 25.1 Å². The van der Waals surface area contributed by atoms with Crippen molar-refractivity contribution in [3.63, 3.8) is 0 Å². The molecule has 0 aliphatic carbocycles. The number of carboxylic acid groups (broad SMARTS) is 1. The fourth-order valence-corrected chi connectivity index (χ4v) is 5.33. The first-order chi connectivity index (χ1) is 16.6. The van der Waals surface area contributed by atoms with E-state index in [9.17, 15) is 23.1 Å². The number of aromatic carboxylic acids is 1. The highest BCUT2D eigenvalue weighted by atomic mass is 79.9. The molecule has 0 saturated heterocycles. The van der Waals surface area contributed by atoms with Crippen LogP contribution in [0.4, 0.5) is 18.9 Å². The molecule has 1 aliphatic rings. The van der Waals surface area contributed by atoms with E-state index in [2.05, 4.69) is 21.2 Å². The van der Waals surface area contributed by atoms with E-state index in [1.54, 1.807) is 12.1 Å². The van der Waals surface area contributed by atoms with E-state index < -0.39 is 23.8 Å². The summed E-state index contributed by atoms with van der Waals surface area (Å²) in [6, 6.07) is 13.2. The molecule has 1 heterocycles. The minimum atomic E-state index is -4.44. The van der Waals surface area contributed by atoms with E-state index in [1.165, 1.54) is 32.4 Å². The van der Waals surface area contributed by atoms with E-state index in [1.807, 2.05) is 19.1 Å². The first kappa shape index (κ1) is 24.9. The summed E-state index contributed by atoms with van der Waals surface area (Å²) in [5.41, 5.74) is 2.01. The summed E-state index contributed by atoms with van der Waals surface area (Å²) in [5.74, 6) is -0.498. The van der Waals surface area contributed by atoms with E-state index in [4.69, 9.17) is 9.47 Å². The van der Waals surface area contributed by atoms with Crippen LogP contribution in [0.1, 0.15) is 51.5 Å². The van der Waals surface area contributed by atoms with Crippen molar-refractivity contribution >= 4 is 27.6 Å². The van der Waals surface area contributed by atoms with Crippen molar-refractivity contribution in [3.05, 3.63) is 86.9 Å². The summed E-state index contributed by atoms with van der Waals surface area (Å²) in [6.07, 6.45) is -4.44. The Morgan fingerprint density at radius 3 is 2.17 bits per heavy atom. The van der Waals surface area contributed by atoms with Crippen molar-refractivity contribution in [1.29, 1.82) is 0 Å². The lowest BCUT2D eigenvalue weighted by Gasteiger charge is -2.41. The molecule has 0 saturated carbocycles. The van der Waals surface area contributed by atoms with Crippen molar-refractivity contribution in [2.75, 3.05) is 19.5 Å². The Labute approximate surface area is 209 Å². The fraction of sp³-hybridized carbons (Fsp3) is 0.269. The van der Waals surface area contributed by atoms with E-state index in [0.717, 1.165) is 27.7 Å². The molecule has 3 aromatic carbocycles. The molecule has 1 aliphatic heterocycles. The van der Waals surface area contributed by atoms with Gasteiger partial charge in [-0.25, -0.2) is 4.79 Å². The smallest absolute Gasteiger partial charge is 0.416 e. The summed E-state index contributed by atoms with van der Waals surface area (Å²) in [6.45, 7) is 1.99. The van der Waals surface area contributed by atoms with Crippen LogP contribution in [-0.4, -0.2) is 25.3 Å². The average Bonchev–Trinajstić information content (AvgIpc) is 2.83. The van der Waals surface area contributed by atoms with Crippen LogP contribution in [0.5, 0.6) is 11.5 Å². The van der Waals surface area contributed by atoms with Gasteiger partial charge in [0.2, 0.25) is 0 Å². The molecule has 0 aromatic heterocycles. The number of nitrogens with one attached hydrogen (secondary N) is 1. The molecular weight excluding hydrogens is 527 g/mol. The maximum absolute atomic E-state index is 13.1. The Kier molecular flexibility index (Phi) is 6.73. The summed E-state index contributed by atoms with van der Waals surface area (Å²) >= 11 is 3.59. The zero-order valence-corrected chi connectivity index (χ0v) is 20.7. The maximum atomic E-state index is 13.1. The number of hydrogen-bond acceptors (Lipinski definition) is 4. The fourth-order valence-electron chi connectivity index (χ4n) is 4.76. The molecule has 0 bridgehead atoms. The number of hydrogen-bond donors (Lipinski definition) is 2. The van der Waals surface area contributed by atoms with E-state index in [0.29, 0.717) is 22.7 Å². The minimum Gasteiger partial charge on any atom is -0.493 e.